The molecule has 1 aromatic carbocycles. The number of nitrogens with one attached hydrogen (secondary N) is 1. The Morgan fingerprint density at radius 2 is 2.04 bits per heavy atom. The molecule has 0 aromatic heterocycles. The molecule has 2 atom stereocenters. The van der Waals surface area contributed by atoms with Crippen LogP contribution < -0.4 is 11.1 Å². The van der Waals surface area contributed by atoms with E-state index < -0.39 is 10.0 Å². The summed E-state index contributed by atoms with van der Waals surface area (Å²) < 4.78 is 25.6. The van der Waals surface area contributed by atoms with Gasteiger partial charge in [-0.25, -0.2) is 12.7 Å². The Labute approximate surface area is 156 Å². The summed E-state index contributed by atoms with van der Waals surface area (Å²) in [6.45, 7) is 7.61. The van der Waals surface area contributed by atoms with Crippen LogP contribution in [0.5, 0.6) is 0 Å². The molecular weight excluding hydrogens is 352 g/mol. The van der Waals surface area contributed by atoms with E-state index in [1.165, 1.54) is 26.2 Å². The number of benzene rings is 1. The van der Waals surface area contributed by atoms with Crippen molar-refractivity contribution >= 4 is 21.6 Å². The summed E-state index contributed by atoms with van der Waals surface area (Å²) in [5.74, 6) is -0.157. The number of nitrogens with two attached hydrogens (primary N) is 1. The standard InChI is InChI=1S/C18H30N4O3S/c1-13(22-10-9-16(19)18(2,3)12-22)17(23)20-14-7-6-8-15(11-14)26(24,25)21(4)5/h6-8,11,13,16H,9-10,12,19H2,1-5H3,(H,20,23). The number of hydrogen-bond acceptors (Lipinski definition) is 5. The van der Waals surface area contributed by atoms with Gasteiger partial charge >= 0.3 is 0 Å². The number of amides is 1. The molecule has 1 saturated heterocycles. The average Bonchev–Trinajstić information content (AvgIpc) is 2.56. The van der Waals surface area contributed by atoms with Gasteiger partial charge in [-0.15, -0.1) is 0 Å². The number of likely N-dealkylation sites (tertiary alicyclic amines) is 1. The Balaban J connectivity index is 2.10. The highest BCUT2D eigenvalue weighted by molar-refractivity contribution is 7.89. The summed E-state index contributed by atoms with van der Waals surface area (Å²) in [6, 6.07) is 6.12. The second kappa shape index (κ2) is 7.64. The van der Waals surface area contributed by atoms with E-state index in [1.807, 2.05) is 6.92 Å². The van der Waals surface area contributed by atoms with Crippen LogP contribution in [-0.2, 0) is 14.8 Å². The van der Waals surface area contributed by atoms with E-state index >= 15 is 0 Å². The first-order chi connectivity index (χ1) is 11.9. The number of carbonyl (C=O) groups excluding carboxylic acids is 1. The Hall–Kier alpha value is -1.48. The third kappa shape index (κ3) is 4.43. The largest absolute Gasteiger partial charge is 0.327 e. The lowest BCUT2D eigenvalue weighted by molar-refractivity contribution is -0.122. The van der Waals surface area contributed by atoms with Crippen LogP contribution in [0.4, 0.5) is 5.69 Å². The zero-order valence-electron chi connectivity index (χ0n) is 16.2. The molecule has 2 unspecified atom stereocenters. The van der Waals surface area contributed by atoms with Crippen molar-refractivity contribution < 1.29 is 13.2 Å². The first-order valence-electron chi connectivity index (χ1n) is 8.78. The second-order valence-corrected chi connectivity index (χ2v) is 9.99. The van der Waals surface area contributed by atoms with Gasteiger partial charge in [-0.05, 0) is 37.0 Å². The van der Waals surface area contributed by atoms with Crippen LogP contribution in [0.1, 0.15) is 27.2 Å². The van der Waals surface area contributed by atoms with Gasteiger partial charge < -0.3 is 11.1 Å². The van der Waals surface area contributed by atoms with Gasteiger partial charge in [0.15, 0.2) is 0 Å². The average molecular weight is 383 g/mol. The molecular formula is C18H30N4O3S. The number of sulfonamides is 1. The van der Waals surface area contributed by atoms with E-state index in [-0.39, 0.29) is 28.3 Å². The molecule has 26 heavy (non-hydrogen) atoms. The Morgan fingerprint density at radius 1 is 1.38 bits per heavy atom. The number of hydrogen-bond donors (Lipinski definition) is 2. The topological polar surface area (TPSA) is 95.7 Å². The monoisotopic (exact) mass is 382 g/mol. The molecule has 1 aliphatic rings. The van der Waals surface area contributed by atoms with Crippen molar-refractivity contribution in [1.82, 2.24) is 9.21 Å². The van der Waals surface area contributed by atoms with Crippen LogP contribution in [0.25, 0.3) is 0 Å². The maximum absolute atomic E-state index is 12.7. The highest BCUT2D eigenvalue weighted by Gasteiger charge is 2.36. The number of piperidine rings is 1. The van der Waals surface area contributed by atoms with Gasteiger partial charge in [0.25, 0.3) is 0 Å². The number of rotatable bonds is 5. The second-order valence-electron chi connectivity index (χ2n) is 7.83. The molecule has 0 saturated carbocycles. The lowest BCUT2D eigenvalue weighted by atomic mass is 9.79. The predicted molar refractivity (Wildman–Crippen MR) is 103 cm³/mol. The van der Waals surface area contributed by atoms with E-state index in [4.69, 9.17) is 5.73 Å². The van der Waals surface area contributed by atoms with Gasteiger partial charge in [-0.2, -0.15) is 0 Å². The molecule has 7 nitrogen and oxygen atoms in total. The molecule has 2 rings (SSSR count). The van der Waals surface area contributed by atoms with Crippen LogP contribution in [0.3, 0.4) is 0 Å². The van der Waals surface area contributed by atoms with Gasteiger partial charge in [0.1, 0.15) is 0 Å². The van der Waals surface area contributed by atoms with Crippen molar-refractivity contribution in [3.8, 4) is 0 Å². The van der Waals surface area contributed by atoms with E-state index in [2.05, 4.69) is 24.1 Å². The molecule has 1 amide bonds. The maximum Gasteiger partial charge on any atom is 0.242 e. The van der Waals surface area contributed by atoms with E-state index in [0.29, 0.717) is 5.69 Å². The van der Waals surface area contributed by atoms with Crippen LogP contribution in [-0.4, -0.2) is 62.8 Å². The lowest BCUT2D eigenvalue weighted by Crippen LogP contribution is -2.56. The Morgan fingerprint density at radius 3 is 2.62 bits per heavy atom. The highest BCUT2D eigenvalue weighted by atomic mass is 32.2. The SMILES string of the molecule is CC(C(=O)Nc1cccc(S(=O)(=O)N(C)C)c1)N1CCC(N)C(C)(C)C1. The molecule has 1 aromatic rings. The van der Waals surface area contributed by atoms with Gasteiger partial charge in [-0.1, -0.05) is 19.9 Å². The fourth-order valence-corrected chi connectivity index (χ4v) is 4.05. The summed E-state index contributed by atoms with van der Waals surface area (Å²) in [6.07, 6.45) is 0.848. The maximum atomic E-state index is 12.7. The number of carbonyl (C=O) groups is 1. The lowest BCUT2D eigenvalue weighted by Gasteiger charge is -2.44. The van der Waals surface area contributed by atoms with E-state index in [0.717, 1.165) is 23.8 Å². The minimum absolute atomic E-state index is 0.0491. The van der Waals surface area contributed by atoms with Crippen molar-refractivity contribution in [1.29, 1.82) is 0 Å². The molecule has 3 N–H and O–H groups in total. The quantitative estimate of drug-likeness (QED) is 0.801. The van der Waals surface area contributed by atoms with Crippen molar-refractivity contribution in [3.05, 3.63) is 24.3 Å². The zero-order valence-corrected chi connectivity index (χ0v) is 17.0. The highest BCUT2D eigenvalue weighted by Crippen LogP contribution is 2.29. The summed E-state index contributed by atoms with van der Waals surface area (Å²) in [7, 11) is -0.584. The van der Waals surface area contributed by atoms with E-state index in [1.54, 1.807) is 12.1 Å². The smallest absolute Gasteiger partial charge is 0.242 e. The number of nitrogens with zero attached hydrogens (tertiary/aromatic N) is 2. The predicted octanol–water partition coefficient (Wildman–Crippen LogP) is 1.32. The van der Waals surface area contributed by atoms with Crippen LogP contribution in [0, 0.1) is 5.41 Å². The third-order valence-corrected chi connectivity index (χ3v) is 6.96. The van der Waals surface area contributed by atoms with Gasteiger partial charge in [-0.3, -0.25) is 9.69 Å². The van der Waals surface area contributed by atoms with E-state index in [9.17, 15) is 13.2 Å². The number of anilines is 1. The fraction of sp³-hybridized carbons (Fsp3) is 0.611. The van der Waals surface area contributed by atoms with Gasteiger partial charge in [0.05, 0.1) is 10.9 Å². The van der Waals surface area contributed by atoms with Crippen molar-refractivity contribution in [2.75, 3.05) is 32.5 Å². The molecule has 1 heterocycles. The van der Waals surface area contributed by atoms with Gasteiger partial charge in [0, 0.05) is 38.9 Å². The summed E-state index contributed by atoms with van der Waals surface area (Å²) >= 11 is 0. The van der Waals surface area contributed by atoms with Gasteiger partial charge in [0.2, 0.25) is 15.9 Å². The molecule has 0 radical (unpaired) electrons. The molecule has 1 aliphatic heterocycles. The normalized spacial score (nSPS) is 22.2. The third-order valence-electron chi connectivity index (χ3n) is 5.15. The minimum Gasteiger partial charge on any atom is -0.327 e. The minimum atomic E-state index is -3.54. The summed E-state index contributed by atoms with van der Waals surface area (Å²) in [5, 5.41) is 2.83. The summed E-state index contributed by atoms with van der Waals surface area (Å²) in [5.41, 5.74) is 6.59. The molecule has 1 fully saturated rings. The van der Waals surface area contributed by atoms with Crippen LogP contribution >= 0.6 is 0 Å². The van der Waals surface area contributed by atoms with Crippen molar-refractivity contribution in [2.45, 2.75) is 44.2 Å². The van der Waals surface area contributed by atoms with Crippen LogP contribution in [0.2, 0.25) is 0 Å². The molecule has 8 heteroatoms. The Bertz CT molecular complexity index is 761. The van der Waals surface area contributed by atoms with Crippen molar-refractivity contribution in [3.63, 3.8) is 0 Å². The molecule has 0 spiro atoms. The Kier molecular flexibility index (Phi) is 6.12. The first-order valence-corrected chi connectivity index (χ1v) is 10.2. The summed E-state index contributed by atoms with van der Waals surface area (Å²) in [4.78, 5) is 14.9. The molecule has 0 aliphatic carbocycles. The first kappa shape index (κ1) is 20.8. The van der Waals surface area contributed by atoms with Crippen LogP contribution in [0.15, 0.2) is 29.2 Å². The van der Waals surface area contributed by atoms with Crippen molar-refractivity contribution in [2.24, 2.45) is 11.1 Å². The fourth-order valence-electron chi connectivity index (χ4n) is 3.10. The molecule has 0 bridgehead atoms. The zero-order chi connectivity index (χ0) is 19.7. The molecule has 146 valence electrons.